The van der Waals surface area contributed by atoms with Crippen molar-refractivity contribution in [3.05, 3.63) is 28.2 Å². The molecule has 1 rings (SSSR count). The Bertz CT molecular complexity index is 589. The molecule has 1 aromatic carbocycles. The molecule has 0 unspecified atom stereocenters. The van der Waals surface area contributed by atoms with E-state index in [2.05, 4.69) is 20.7 Å². The van der Waals surface area contributed by atoms with E-state index in [9.17, 15) is 13.2 Å². The molecular formula is C12H17BrN2O4S. The van der Waals surface area contributed by atoms with E-state index in [0.29, 0.717) is 13.1 Å². The van der Waals surface area contributed by atoms with Crippen LogP contribution in [0.2, 0.25) is 0 Å². The molecule has 8 heteroatoms. The van der Waals surface area contributed by atoms with Gasteiger partial charge in [0.05, 0.1) is 10.5 Å². The first kappa shape index (κ1) is 17.1. The van der Waals surface area contributed by atoms with Crippen molar-refractivity contribution in [3.63, 3.8) is 0 Å². The number of aromatic carboxylic acids is 1. The van der Waals surface area contributed by atoms with Crippen LogP contribution < -0.4 is 4.72 Å². The number of carboxylic acid groups (broad SMARTS) is 1. The maximum absolute atomic E-state index is 12.1. The predicted molar refractivity (Wildman–Crippen MR) is 79.5 cm³/mol. The van der Waals surface area contributed by atoms with E-state index >= 15 is 0 Å². The van der Waals surface area contributed by atoms with Crippen LogP contribution in [-0.4, -0.2) is 51.1 Å². The molecule has 2 N–H and O–H groups in total. The van der Waals surface area contributed by atoms with Crippen LogP contribution in [0.3, 0.4) is 0 Å². The van der Waals surface area contributed by atoms with Crippen molar-refractivity contribution in [1.29, 1.82) is 0 Å². The molecule has 0 radical (unpaired) electrons. The van der Waals surface area contributed by atoms with Crippen LogP contribution in [0.5, 0.6) is 0 Å². The quantitative estimate of drug-likeness (QED) is 0.762. The second kappa shape index (κ2) is 7.16. The monoisotopic (exact) mass is 364 g/mol. The highest BCUT2D eigenvalue weighted by Gasteiger charge is 2.18. The minimum absolute atomic E-state index is 0.0292. The molecule has 0 aliphatic heterocycles. The van der Waals surface area contributed by atoms with E-state index in [-0.39, 0.29) is 14.9 Å². The van der Waals surface area contributed by atoms with Crippen molar-refractivity contribution in [1.82, 2.24) is 9.62 Å². The zero-order chi connectivity index (χ0) is 15.3. The molecular weight excluding hydrogens is 348 g/mol. The lowest BCUT2D eigenvalue weighted by molar-refractivity contribution is 0.0696. The van der Waals surface area contributed by atoms with E-state index in [1.807, 2.05) is 18.9 Å². The number of hydrogen-bond donors (Lipinski definition) is 2. The van der Waals surface area contributed by atoms with Crippen LogP contribution in [0.1, 0.15) is 17.3 Å². The zero-order valence-electron chi connectivity index (χ0n) is 11.3. The highest BCUT2D eigenvalue weighted by Crippen LogP contribution is 2.23. The van der Waals surface area contributed by atoms with Crippen molar-refractivity contribution in [2.45, 2.75) is 11.8 Å². The van der Waals surface area contributed by atoms with Crippen molar-refractivity contribution < 1.29 is 18.3 Å². The zero-order valence-corrected chi connectivity index (χ0v) is 13.7. The Labute approximate surface area is 127 Å². The SMILES string of the molecule is CCN(C)CCNS(=O)(=O)c1ccc(C(=O)O)cc1Br. The van der Waals surface area contributed by atoms with E-state index in [1.165, 1.54) is 18.2 Å². The molecule has 0 spiro atoms. The summed E-state index contributed by atoms with van der Waals surface area (Å²) in [5.41, 5.74) is 0.0292. The molecule has 0 aliphatic carbocycles. The molecule has 0 fully saturated rings. The molecule has 1 aromatic rings. The number of nitrogens with one attached hydrogen (secondary N) is 1. The fraction of sp³-hybridized carbons (Fsp3) is 0.417. The van der Waals surface area contributed by atoms with Crippen molar-refractivity contribution in [2.75, 3.05) is 26.7 Å². The molecule has 20 heavy (non-hydrogen) atoms. The summed E-state index contributed by atoms with van der Waals surface area (Å²) in [4.78, 5) is 12.8. The van der Waals surface area contributed by atoms with Gasteiger partial charge in [0.25, 0.3) is 0 Å². The standard InChI is InChI=1S/C12H17BrN2O4S/c1-3-15(2)7-6-14-20(18,19)11-5-4-9(12(16)17)8-10(11)13/h4-5,8,14H,3,6-7H2,1-2H3,(H,16,17). The number of benzene rings is 1. The summed E-state index contributed by atoms with van der Waals surface area (Å²) in [7, 11) is -1.76. The fourth-order valence-corrected chi connectivity index (χ4v) is 3.55. The number of likely N-dealkylation sites (N-methyl/N-ethyl adjacent to an activating group) is 1. The maximum atomic E-state index is 12.1. The molecule has 0 saturated heterocycles. The highest BCUT2D eigenvalue weighted by molar-refractivity contribution is 9.10. The van der Waals surface area contributed by atoms with E-state index in [1.54, 1.807) is 0 Å². The summed E-state index contributed by atoms with van der Waals surface area (Å²) < 4.78 is 26.9. The number of carboxylic acids is 1. The van der Waals surface area contributed by atoms with Gasteiger partial charge in [0.2, 0.25) is 10.0 Å². The normalized spacial score (nSPS) is 11.8. The molecule has 0 heterocycles. The number of carbonyl (C=O) groups is 1. The van der Waals surface area contributed by atoms with Crippen LogP contribution in [0.25, 0.3) is 0 Å². The second-order valence-electron chi connectivity index (χ2n) is 4.24. The van der Waals surface area contributed by atoms with Gasteiger partial charge in [-0.15, -0.1) is 0 Å². The largest absolute Gasteiger partial charge is 0.478 e. The van der Waals surface area contributed by atoms with Gasteiger partial charge in [-0.05, 0) is 47.7 Å². The third-order valence-corrected chi connectivity index (χ3v) is 5.23. The van der Waals surface area contributed by atoms with Crippen LogP contribution in [0.4, 0.5) is 0 Å². The Morgan fingerprint density at radius 2 is 2.10 bits per heavy atom. The molecule has 0 atom stereocenters. The molecule has 0 amide bonds. The topological polar surface area (TPSA) is 86.7 Å². The summed E-state index contributed by atoms with van der Waals surface area (Å²) in [5, 5.41) is 8.84. The van der Waals surface area contributed by atoms with Crippen LogP contribution >= 0.6 is 15.9 Å². The van der Waals surface area contributed by atoms with E-state index in [4.69, 9.17) is 5.11 Å². The van der Waals surface area contributed by atoms with Gasteiger partial charge in [-0.1, -0.05) is 6.92 Å². The minimum atomic E-state index is -3.65. The summed E-state index contributed by atoms with van der Waals surface area (Å²) in [5.74, 6) is -1.10. The Morgan fingerprint density at radius 1 is 1.45 bits per heavy atom. The third-order valence-electron chi connectivity index (χ3n) is 2.79. The first-order chi connectivity index (χ1) is 9.27. The van der Waals surface area contributed by atoms with Gasteiger partial charge in [-0.25, -0.2) is 17.9 Å². The second-order valence-corrected chi connectivity index (χ2v) is 6.83. The lowest BCUT2D eigenvalue weighted by Gasteiger charge is -2.14. The predicted octanol–water partition coefficient (Wildman–Crippen LogP) is 1.38. The number of rotatable bonds is 7. The van der Waals surface area contributed by atoms with Gasteiger partial charge in [0.15, 0.2) is 0 Å². The summed E-state index contributed by atoms with van der Waals surface area (Å²) in [6.45, 7) is 3.70. The van der Waals surface area contributed by atoms with Crippen LogP contribution in [0, 0.1) is 0 Å². The number of nitrogens with zero attached hydrogens (tertiary/aromatic N) is 1. The first-order valence-corrected chi connectivity index (χ1v) is 8.26. The lowest BCUT2D eigenvalue weighted by atomic mass is 10.2. The van der Waals surface area contributed by atoms with Crippen molar-refractivity contribution >= 4 is 31.9 Å². The Morgan fingerprint density at radius 3 is 2.60 bits per heavy atom. The Balaban J connectivity index is 2.85. The molecule has 0 aliphatic rings. The van der Waals surface area contributed by atoms with Gasteiger partial charge in [-0.3, -0.25) is 0 Å². The van der Waals surface area contributed by atoms with Gasteiger partial charge in [0, 0.05) is 17.6 Å². The molecule has 0 saturated carbocycles. The third kappa shape index (κ3) is 4.55. The molecule has 6 nitrogen and oxygen atoms in total. The average molecular weight is 365 g/mol. The minimum Gasteiger partial charge on any atom is -0.478 e. The van der Waals surface area contributed by atoms with E-state index in [0.717, 1.165) is 6.54 Å². The molecule has 0 bridgehead atoms. The van der Waals surface area contributed by atoms with Crippen LogP contribution in [0.15, 0.2) is 27.6 Å². The number of halogens is 1. The maximum Gasteiger partial charge on any atom is 0.335 e. The first-order valence-electron chi connectivity index (χ1n) is 5.99. The van der Waals surface area contributed by atoms with Crippen molar-refractivity contribution in [2.24, 2.45) is 0 Å². The van der Waals surface area contributed by atoms with Crippen LogP contribution in [-0.2, 0) is 10.0 Å². The van der Waals surface area contributed by atoms with Gasteiger partial charge >= 0.3 is 5.97 Å². The summed E-state index contributed by atoms with van der Waals surface area (Å²) in [6, 6.07) is 3.81. The Hall–Kier alpha value is -0.960. The summed E-state index contributed by atoms with van der Waals surface area (Å²) in [6.07, 6.45) is 0. The number of hydrogen-bond acceptors (Lipinski definition) is 4. The van der Waals surface area contributed by atoms with Gasteiger partial charge in [-0.2, -0.15) is 0 Å². The van der Waals surface area contributed by atoms with Gasteiger partial charge < -0.3 is 10.0 Å². The van der Waals surface area contributed by atoms with Crippen molar-refractivity contribution in [3.8, 4) is 0 Å². The molecule has 0 aromatic heterocycles. The average Bonchev–Trinajstić information content (AvgIpc) is 2.37. The fourth-order valence-electron chi connectivity index (χ4n) is 1.46. The Kier molecular flexibility index (Phi) is 6.12. The molecule has 112 valence electrons. The van der Waals surface area contributed by atoms with Gasteiger partial charge in [0.1, 0.15) is 0 Å². The number of sulfonamides is 1. The van der Waals surface area contributed by atoms with E-state index < -0.39 is 16.0 Å². The summed E-state index contributed by atoms with van der Waals surface area (Å²) >= 11 is 3.09. The lowest BCUT2D eigenvalue weighted by Crippen LogP contribution is -2.33. The smallest absolute Gasteiger partial charge is 0.335 e. The highest BCUT2D eigenvalue weighted by atomic mass is 79.9.